The van der Waals surface area contributed by atoms with Gasteiger partial charge in [0.25, 0.3) is 0 Å². The van der Waals surface area contributed by atoms with Gasteiger partial charge in [0.05, 0.1) is 13.2 Å². The normalized spacial score (nSPS) is 20.8. The van der Waals surface area contributed by atoms with E-state index in [1.54, 1.807) is 6.07 Å². The molecule has 4 nitrogen and oxygen atoms in total. The minimum absolute atomic E-state index is 0.0330. The SMILES string of the molecule is NCC1(c2cc3c(cc2O)OCCCO3)CC1. The number of fused-ring (bicyclic) bond motifs is 1. The van der Waals surface area contributed by atoms with Gasteiger partial charge in [-0.1, -0.05) is 0 Å². The van der Waals surface area contributed by atoms with E-state index < -0.39 is 0 Å². The number of benzene rings is 1. The van der Waals surface area contributed by atoms with Crippen molar-refractivity contribution in [3.05, 3.63) is 17.7 Å². The largest absolute Gasteiger partial charge is 0.508 e. The van der Waals surface area contributed by atoms with E-state index >= 15 is 0 Å². The predicted molar refractivity (Wildman–Crippen MR) is 63.7 cm³/mol. The Hall–Kier alpha value is -1.42. The molecule has 0 amide bonds. The summed E-state index contributed by atoms with van der Waals surface area (Å²) in [7, 11) is 0. The van der Waals surface area contributed by atoms with E-state index in [2.05, 4.69) is 0 Å². The summed E-state index contributed by atoms with van der Waals surface area (Å²) in [6, 6.07) is 3.56. The van der Waals surface area contributed by atoms with Crippen molar-refractivity contribution in [1.29, 1.82) is 0 Å². The van der Waals surface area contributed by atoms with Crippen LogP contribution in [0.1, 0.15) is 24.8 Å². The molecule has 1 aromatic carbocycles. The number of phenolic OH excluding ortho intramolecular Hbond substituents is 1. The molecule has 92 valence electrons. The average molecular weight is 235 g/mol. The van der Waals surface area contributed by atoms with E-state index in [-0.39, 0.29) is 11.2 Å². The fourth-order valence-corrected chi connectivity index (χ4v) is 2.36. The first kappa shape index (κ1) is 10.7. The Balaban J connectivity index is 2.03. The second kappa shape index (κ2) is 3.81. The van der Waals surface area contributed by atoms with Crippen LogP contribution in [0, 0.1) is 0 Å². The van der Waals surface area contributed by atoms with Crippen LogP contribution in [0.4, 0.5) is 0 Å². The fraction of sp³-hybridized carbons (Fsp3) is 0.538. The van der Waals surface area contributed by atoms with Crippen LogP contribution in [-0.4, -0.2) is 24.9 Å². The third kappa shape index (κ3) is 1.72. The molecular weight excluding hydrogens is 218 g/mol. The van der Waals surface area contributed by atoms with Gasteiger partial charge in [-0.05, 0) is 18.9 Å². The van der Waals surface area contributed by atoms with Gasteiger partial charge >= 0.3 is 0 Å². The van der Waals surface area contributed by atoms with Crippen molar-refractivity contribution in [3.63, 3.8) is 0 Å². The molecule has 17 heavy (non-hydrogen) atoms. The smallest absolute Gasteiger partial charge is 0.164 e. The maximum absolute atomic E-state index is 10.1. The summed E-state index contributed by atoms with van der Waals surface area (Å²) in [5, 5.41) is 10.1. The lowest BCUT2D eigenvalue weighted by Crippen LogP contribution is -2.19. The summed E-state index contributed by atoms with van der Waals surface area (Å²) in [6.45, 7) is 1.86. The number of nitrogens with two attached hydrogens (primary N) is 1. The molecule has 0 saturated heterocycles. The molecule has 0 unspecified atom stereocenters. The van der Waals surface area contributed by atoms with Gasteiger partial charge in [-0.2, -0.15) is 0 Å². The molecule has 1 fully saturated rings. The molecule has 0 bridgehead atoms. The van der Waals surface area contributed by atoms with Gasteiger partial charge in [0.15, 0.2) is 11.5 Å². The monoisotopic (exact) mass is 235 g/mol. The minimum Gasteiger partial charge on any atom is -0.508 e. The second-order valence-corrected chi connectivity index (χ2v) is 4.85. The van der Waals surface area contributed by atoms with E-state index in [1.165, 1.54) is 0 Å². The Morgan fingerprint density at radius 3 is 2.41 bits per heavy atom. The van der Waals surface area contributed by atoms with Crippen LogP contribution in [-0.2, 0) is 5.41 Å². The van der Waals surface area contributed by atoms with E-state index in [0.29, 0.717) is 25.5 Å². The Morgan fingerprint density at radius 1 is 1.18 bits per heavy atom. The Kier molecular flexibility index (Phi) is 2.40. The molecule has 0 aromatic heterocycles. The molecular formula is C13H17NO3. The molecule has 1 aromatic rings. The van der Waals surface area contributed by atoms with Crippen LogP contribution in [0.3, 0.4) is 0 Å². The van der Waals surface area contributed by atoms with Gasteiger partial charge in [-0.25, -0.2) is 0 Å². The first-order valence-corrected chi connectivity index (χ1v) is 6.08. The zero-order valence-corrected chi connectivity index (χ0v) is 9.74. The van der Waals surface area contributed by atoms with Gasteiger partial charge in [0, 0.05) is 30.0 Å². The highest BCUT2D eigenvalue weighted by molar-refractivity contribution is 5.54. The molecule has 3 N–H and O–H groups in total. The lowest BCUT2D eigenvalue weighted by molar-refractivity contribution is 0.296. The van der Waals surface area contributed by atoms with Crippen molar-refractivity contribution in [3.8, 4) is 17.2 Å². The third-order valence-corrected chi connectivity index (χ3v) is 3.68. The molecule has 1 aliphatic carbocycles. The van der Waals surface area contributed by atoms with Gasteiger partial charge in [-0.15, -0.1) is 0 Å². The van der Waals surface area contributed by atoms with Crippen LogP contribution in [0.5, 0.6) is 17.2 Å². The van der Waals surface area contributed by atoms with E-state index in [0.717, 1.165) is 30.6 Å². The summed E-state index contributed by atoms with van der Waals surface area (Å²) >= 11 is 0. The van der Waals surface area contributed by atoms with Gasteiger partial charge in [-0.3, -0.25) is 0 Å². The van der Waals surface area contributed by atoms with E-state index in [4.69, 9.17) is 15.2 Å². The number of phenols is 1. The lowest BCUT2D eigenvalue weighted by atomic mass is 9.94. The number of hydrogen-bond acceptors (Lipinski definition) is 4. The Labute approximate surface area is 100 Å². The first-order valence-electron chi connectivity index (χ1n) is 6.08. The van der Waals surface area contributed by atoms with Crippen molar-refractivity contribution >= 4 is 0 Å². The van der Waals surface area contributed by atoms with Crippen LogP contribution in [0.25, 0.3) is 0 Å². The quantitative estimate of drug-likeness (QED) is 0.816. The number of ether oxygens (including phenoxy) is 2. The molecule has 3 rings (SSSR count). The zero-order chi connectivity index (χ0) is 11.9. The van der Waals surface area contributed by atoms with Crippen molar-refractivity contribution in [2.75, 3.05) is 19.8 Å². The van der Waals surface area contributed by atoms with Gasteiger partial charge in [0.1, 0.15) is 5.75 Å². The van der Waals surface area contributed by atoms with E-state index in [1.807, 2.05) is 6.07 Å². The summed E-state index contributed by atoms with van der Waals surface area (Å²) in [6.07, 6.45) is 2.94. The average Bonchev–Trinajstić information content (AvgIpc) is 3.12. The molecule has 2 aliphatic rings. The molecule has 4 heteroatoms. The number of rotatable bonds is 2. The third-order valence-electron chi connectivity index (χ3n) is 3.68. The lowest BCUT2D eigenvalue weighted by Gasteiger charge is -2.17. The van der Waals surface area contributed by atoms with Gasteiger partial charge in [0.2, 0.25) is 0 Å². The molecule has 0 atom stereocenters. The maximum Gasteiger partial charge on any atom is 0.164 e. The Bertz CT molecular complexity index is 441. The minimum atomic E-state index is -0.0330. The van der Waals surface area contributed by atoms with E-state index in [9.17, 15) is 5.11 Å². The molecule has 0 radical (unpaired) electrons. The highest BCUT2D eigenvalue weighted by Crippen LogP contribution is 2.52. The highest BCUT2D eigenvalue weighted by Gasteiger charge is 2.45. The second-order valence-electron chi connectivity index (χ2n) is 4.85. The number of hydrogen-bond donors (Lipinski definition) is 2. The van der Waals surface area contributed by atoms with Crippen LogP contribution in [0.15, 0.2) is 12.1 Å². The number of aromatic hydroxyl groups is 1. The Morgan fingerprint density at radius 2 is 1.82 bits per heavy atom. The predicted octanol–water partition coefficient (Wildman–Crippen LogP) is 1.54. The first-order chi connectivity index (χ1) is 8.25. The standard InChI is InChI=1S/C13H17NO3/c14-8-13(2-3-13)9-6-11-12(7-10(9)15)17-5-1-4-16-11/h6-7,15H,1-5,8,14H2. The van der Waals surface area contributed by atoms with Gasteiger partial charge < -0.3 is 20.3 Å². The molecule has 0 spiro atoms. The zero-order valence-electron chi connectivity index (χ0n) is 9.74. The van der Waals surface area contributed by atoms with Crippen molar-refractivity contribution in [1.82, 2.24) is 0 Å². The van der Waals surface area contributed by atoms with Crippen molar-refractivity contribution in [2.24, 2.45) is 5.73 Å². The maximum atomic E-state index is 10.1. The van der Waals surface area contributed by atoms with Crippen molar-refractivity contribution < 1.29 is 14.6 Å². The fourth-order valence-electron chi connectivity index (χ4n) is 2.36. The highest BCUT2D eigenvalue weighted by atomic mass is 16.5. The van der Waals surface area contributed by atoms with Crippen LogP contribution >= 0.6 is 0 Å². The van der Waals surface area contributed by atoms with Crippen LogP contribution in [0.2, 0.25) is 0 Å². The molecule has 1 aliphatic heterocycles. The summed E-state index contributed by atoms with van der Waals surface area (Å²) in [4.78, 5) is 0. The summed E-state index contributed by atoms with van der Waals surface area (Å²) < 4.78 is 11.2. The molecule has 1 saturated carbocycles. The topological polar surface area (TPSA) is 64.7 Å². The van der Waals surface area contributed by atoms with Crippen LogP contribution < -0.4 is 15.2 Å². The summed E-state index contributed by atoms with van der Waals surface area (Å²) in [5.74, 6) is 1.64. The molecule has 1 heterocycles. The van der Waals surface area contributed by atoms with Crippen molar-refractivity contribution in [2.45, 2.75) is 24.7 Å². The summed E-state index contributed by atoms with van der Waals surface area (Å²) in [5.41, 5.74) is 6.67.